The van der Waals surface area contributed by atoms with Crippen LogP contribution >= 0.6 is 0 Å². The van der Waals surface area contributed by atoms with Gasteiger partial charge in [0.05, 0.1) is 0 Å². The smallest absolute Gasteiger partial charge is 0.137 e. The summed E-state index contributed by atoms with van der Waals surface area (Å²) in [7, 11) is 0. The predicted octanol–water partition coefficient (Wildman–Crippen LogP) is 2.04. The largest absolute Gasteiger partial charge is 0.300 e. The van der Waals surface area contributed by atoms with Crippen molar-refractivity contribution in [1.29, 1.82) is 0 Å². The lowest BCUT2D eigenvalue weighted by atomic mass is 10.0. The molecule has 0 N–H and O–H groups in total. The van der Waals surface area contributed by atoms with E-state index in [0.29, 0.717) is 25.7 Å². The molecule has 0 aliphatic heterocycles. The third-order valence-corrected chi connectivity index (χ3v) is 2.02. The molecule has 0 atom stereocenters. The molecular weight excluding hydrogens is 152 g/mol. The van der Waals surface area contributed by atoms with Crippen LogP contribution in [0.15, 0.2) is 12.2 Å². The summed E-state index contributed by atoms with van der Waals surface area (Å²) in [6, 6.07) is 0. The highest BCUT2D eigenvalue weighted by atomic mass is 16.1. The molecule has 1 rings (SSSR count). The fourth-order valence-electron chi connectivity index (χ4n) is 1.26. The van der Waals surface area contributed by atoms with E-state index in [0.717, 1.165) is 12.8 Å². The van der Waals surface area contributed by atoms with E-state index in [1.54, 1.807) is 0 Å². The van der Waals surface area contributed by atoms with E-state index in [1.807, 2.05) is 12.2 Å². The first-order valence-electron chi connectivity index (χ1n) is 4.47. The number of carbonyl (C=O) groups is 2. The molecule has 0 aromatic rings. The van der Waals surface area contributed by atoms with Gasteiger partial charge in [0.15, 0.2) is 0 Å². The molecule has 0 radical (unpaired) electrons. The van der Waals surface area contributed by atoms with Crippen LogP contribution in [0.25, 0.3) is 0 Å². The molecule has 0 fully saturated rings. The fourth-order valence-corrected chi connectivity index (χ4v) is 1.26. The zero-order valence-electron chi connectivity index (χ0n) is 7.21. The van der Waals surface area contributed by atoms with Gasteiger partial charge in [0.2, 0.25) is 0 Å². The molecule has 0 saturated heterocycles. The average molecular weight is 166 g/mol. The molecule has 12 heavy (non-hydrogen) atoms. The van der Waals surface area contributed by atoms with Gasteiger partial charge in [0.1, 0.15) is 11.6 Å². The van der Waals surface area contributed by atoms with E-state index in [9.17, 15) is 9.59 Å². The Labute approximate surface area is 72.7 Å². The number of hydrogen-bond donors (Lipinski definition) is 0. The summed E-state index contributed by atoms with van der Waals surface area (Å²) in [5.41, 5.74) is 0. The number of rotatable bonds is 0. The number of carbonyl (C=O) groups excluding carboxylic acids is 2. The van der Waals surface area contributed by atoms with Crippen LogP contribution in [0.4, 0.5) is 0 Å². The van der Waals surface area contributed by atoms with Gasteiger partial charge in [-0.1, -0.05) is 12.2 Å². The van der Waals surface area contributed by atoms with Gasteiger partial charge in [-0.25, -0.2) is 0 Å². The third kappa shape index (κ3) is 3.46. The van der Waals surface area contributed by atoms with E-state index < -0.39 is 0 Å². The zero-order valence-corrected chi connectivity index (χ0v) is 7.21. The molecule has 1 aliphatic rings. The normalized spacial score (nSPS) is 21.0. The molecule has 0 aromatic carbocycles. The van der Waals surface area contributed by atoms with Crippen molar-refractivity contribution in [2.24, 2.45) is 0 Å². The predicted molar refractivity (Wildman–Crippen MR) is 46.9 cm³/mol. The highest BCUT2D eigenvalue weighted by Crippen LogP contribution is 2.07. The Kier molecular flexibility index (Phi) is 3.71. The SMILES string of the molecule is O=C1CC=CCCCC(=O)CC1. The third-order valence-electron chi connectivity index (χ3n) is 2.02. The minimum absolute atomic E-state index is 0.182. The van der Waals surface area contributed by atoms with Crippen LogP contribution in [0, 0.1) is 0 Å². The minimum atomic E-state index is 0.182. The molecule has 2 heteroatoms. The molecule has 66 valence electrons. The summed E-state index contributed by atoms with van der Waals surface area (Å²) in [5, 5.41) is 0. The first-order chi connectivity index (χ1) is 5.79. The number of hydrogen-bond acceptors (Lipinski definition) is 2. The Morgan fingerprint density at radius 1 is 0.917 bits per heavy atom. The monoisotopic (exact) mass is 166 g/mol. The second-order valence-electron chi connectivity index (χ2n) is 3.15. The Balaban J connectivity index is 2.45. The van der Waals surface area contributed by atoms with Crippen molar-refractivity contribution in [2.45, 2.75) is 38.5 Å². The average Bonchev–Trinajstić information content (AvgIpc) is 2.07. The van der Waals surface area contributed by atoms with Gasteiger partial charge in [0, 0.05) is 25.7 Å². The highest BCUT2D eigenvalue weighted by molar-refractivity contribution is 5.86. The minimum Gasteiger partial charge on any atom is -0.300 e. The van der Waals surface area contributed by atoms with E-state index in [-0.39, 0.29) is 11.6 Å². The van der Waals surface area contributed by atoms with Crippen LogP contribution in [0.3, 0.4) is 0 Å². The van der Waals surface area contributed by atoms with Gasteiger partial charge in [-0.3, -0.25) is 9.59 Å². The first-order valence-corrected chi connectivity index (χ1v) is 4.47. The zero-order chi connectivity index (χ0) is 8.81. The summed E-state index contributed by atoms with van der Waals surface area (Å²) in [6.45, 7) is 0. The maximum absolute atomic E-state index is 11.1. The van der Waals surface area contributed by atoms with Crippen molar-refractivity contribution in [1.82, 2.24) is 0 Å². The standard InChI is InChI=1S/C10H14O2/c11-9-5-3-1-2-4-6-10(12)8-7-9/h1,3H,2,4-8H2. The molecule has 1 aliphatic carbocycles. The van der Waals surface area contributed by atoms with Gasteiger partial charge in [-0.05, 0) is 12.8 Å². The summed E-state index contributed by atoms with van der Waals surface area (Å²) >= 11 is 0. The van der Waals surface area contributed by atoms with Crippen LogP contribution in [0.5, 0.6) is 0 Å². The van der Waals surface area contributed by atoms with Gasteiger partial charge < -0.3 is 0 Å². The summed E-state index contributed by atoms with van der Waals surface area (Å²) in [6.07, 6.45) is 7.80. The number of allylic oxidation sites excluding steroid dienone is 2. The second kappa shape index (κ2) is 4.86. The van der Waals surface area contributed by atoms with Gasteiger partial charge in [0.25, 0.3) is 0 Å². The lowest BCUT2D eigenvalue weighted by Crippen LogP contribution is -2.04. The topological polar surface area (TPSA) is 34.1 Å². The lowest BCUT2D eigenvalue weighted by Gasteiger charge is -2.01. The van der Waals surface area contributed by atoms with E-state index >= 15 is 0 Å². The Morgan fingerprint density at radius 2 is 1.67 bits per heavy atom. The maximum Gasteiger partial charge on any atom is 0.137 e. The van der Waals surface area contributed by atoms with Crippen LogP contribution in [0.2, 0.25) is 0 Å². The molecule has 0 unspecified atom stereocenters. The van der Waals surface area contributed by atoms with Crippen molar-refractivity contribution >= 4 is 11.6 Å². The van der Waals surface area contributed by atoms with Gasteiger partial charge in [-0.2, -0.15) is 0 Å². The quantitative estimate of drug-likeness (QED) is 0.516. The molecule has 0 bridgehead atoms. The Bertz CT molecular complexity index is 204. The van der Waals surface area contributed by atoms with E-state index in [4.69, 9.17) is 0 Å². The molecule has 0 amide bonds. The summed E-state index contributed by atoms with van der Waals surface area (Å²) in [5.74, 6) is 0.417. The van der Waals surface area contributed by atoms with Crippen LogP contribution in [0.1, 0.15) is 38.5 Å². The first kappa shape index (κ1) is 9.17. The van der Waals surface area contributed by atoms with Gasteiger partial charge >= 0.3 is 0 Å². The van der Waals surface area contributed by atoms with Crippen molar-refractivity contribution < 1.29 is 9.59 Å². The molecule has 0 saturated carbocycles. The van der Waals surface area contributed by atoms with Crippen LogP contribution < -0.4 is 0 Å². The highest BCUT2D eigenvalue weighted by Gasteiger charge is 2.06. The summed E-state index contributed by atoms with van der Waals surface area (Å²) in [4.78, 5) is 22.1. The van der Waals surface area contributed by atoms with Crippen molar-refractivity contribution in [3.8, 4) is 0 Å². The fraction of sp³-hybridized carbons (Fsp3) is 0.600. The Morgan fingerprint density at radius 3 is 2.50 bits per heavy atom. The van der Waals surface area contributed by atoms with E-state index in [1.165, 1.54) is 0 Å². The molecule has 0 heterocycles. The lowest BCUT2D eigenvalue weighted by molar-refractivity contribution is -0.124. The van der Waals surface area contributed by atoms with E-state index in [2.05, 4.69) is 0 Å². The van der Waals surface area contributed by atoms with Crippen LogP contribution in [-0.4, -0.2) is 11.6 Å². The second-order valence-corrected chi connectivity index (χ2v) is 3.15. The molecule has 2 nitrogen and oxygen atoms in total. The van der Waals surface area contributed by atoms with Crippen molar-refractivity contribution in [3.05, 3.63) is 12.2 Å². The van der Waals surface area contributed by atoms with Gasteiger partial charge in [-0.15, -0.1) is 0 Å². The summed E-state index contributed by atoms with van der Waals surface area (Å²) < 4.78 is 0. The molecule has 0 aromatic heterocycles. The van der Waals surface area contributed by atoms with Crippen LogP contribution in [-0.2, 0) is 9.59 Å². The van der Waals surface area contributed by atoms with Crippen molar-refractivity contribution in [3.63, 3.8) is 0 Å². The number of ketones is 2. The molecule has 0 spiro atoms. The van der Waals surface area contributed by atoms with Crippen molar-refractivity contribution in [2.75, 3.05) is 0 Å². The maximum atomic E-state index is 11.1. The Hall–Kier alpha value is -0.920. The number of Topliss-reactive ketones (excluding diaryl/α,β-unsaturated/α-hetero) is 2. The molecular formula is C10H14O2.